The minimum atomic E-state index is -1.14. The van der Waals surface area contributed by atoms with Gasteiger partial charge in [-0.25, -0.2) is 9.97 Å². The number of fused-ring (bicyclic) bond motifs is 3. The van der Waals surface area contributed by atoms with Crippen LogP contribution in [0.1, 0.15) is 49.8 Å². The van der Waals surface area contributed by atoms with Crippen molar-refractivity contribution in [3.63, 3.8) is 0 Å². The van der Waals surface area contributed by atoms with E-state index in [4.69, 9.17) is 19.8 Å². The second-order valence-electron chi connectivity index (χ2n) is 11.7. The summed E-state index contributed by atoms with van der Waals surface area (Å²) in [6.45, 7) is 5.70. The summed E-state index contributed by atoms with van der Waals surface area (Å²) in [5.74, 6) is 1.50. The van der Waals surface area contributed by atoms with Gasteiger partial charge in [0, 0.05) is 37.3 Å². The van der Waals surface area contributed by atoms with Crippen molar-refractivity contribution in [1.29, 1.82) is 0 Å². The number of aromatic nitrogens is 6. The van der Waals surface area contributed by atoms with Crippen molar-refractivity contribution in [2.24, 2.45) is 0 Å². The van der Waals surface area contributed by atoms with Crippen molar-refractivity contribution in [2.75, 3.05) is 25.0 Å². The summed E-state index contributed by atoms with van der Waals surface area (Å²) >= 11 is 0. The molecule has 2 fully saturated rings. The summed E-state index contributed by atoms with van der Waals surface area (Å²) in [6, 6.07) is 15.7. The minimum absolute atomic E-state index is 0.214. The Hall–Kier alpha value is -3.94. The van der Waals surface area contributed by atoms with Gasteiger partial charge in [-0.3, -0.25) is 14.9 Å². The number of para-hydroxylation sites is 1. The molecule has 5 aromatic rings. The number of benzene rings is 2. The van der Waals surface area contributed by atoms with E-state index in [0.717, 1.165) is 34.9 Å². The first-order valence-electron chi connectivity index (χ1n) is 14.9. The molecule has 0 amide bonds. The highest BCUT2D eigenvalue weighted by molar-refractivity contribution is 5.95. The fourth-order valence-corrected chi connectivity index (χ4v) is 5.61. The monoisotopic (exact) mass is 583 g/mol. The third-order valence-electron chi connectivity index (χ3n) is 8.17. The third-order valence-corrected chi connectivity index (χ3v) is 8.17. The molecule has 4 N–H and O–H groups in total. The van der Waals surface area contributed by atoms with E-state index < -0.39 is 18.7 Å². The van der Waals surface area contributed by atoms with E-state index >= 15 is 0 Å². The van der Waals surface area contributed by atoms with Crippen LogP contribution < -0.4 is 10.6 Å². The largest absolute Gasteiger partial charge is 0.376 e. The molecule has 43 heavy (non-hydrogen) atoms. The molecule has 1 aliphatic heterocycles. The highest BCUT2D eigenvalue weighted by Crippen LogP contribution is 2.43. The second kappa shape index (κ2) is 11.6. The Morgan fingerprint density at radius 1 is 1.09 bits per heavy atom. The molecule has 0 bridgehead atoms. The number of ether oxygens (including phenoxy) is 1. The van der Waals surface area contributed by atoms with E-state index in [2.05, 4.69) is 41.7 Å². The maximum atomic E-state index is 11.1. The first kappa shape index (κ1) is 27.9. The summed E-state index contributed by atoms with van der Waals surface area (Å²) in [5.41, 5.74) is 4.55. The zero-order chi connectivity index (χ0) is 29.5. The molecule has 12 heteroatoms. The van der Waals surface area contributed by atoms with Gasteiger partial charge in [-0.1, -0.05) is 42.5 Å². The number of aliphatic hydroxyl groups is 2. The van der Waals surface area contributed by atoms with Gasteiger partial charge in [0.15, 0.2) is 11.5 Å². The lowest BCUT2D eigenvalue weighted by atomic mass is 10.1. The van der Waals surface area contributed by atoms with Crippen LogP contribution >= 0.6 is 0 Å². The van der Waals surface area contributed by atoms with Crippen LogP contribution in [0.25, 0.3) is 27.9 Å². The number of hydrogen-bond acceptors (Lipinski definition) is 10. The molecule has 1 saturated carbocycles. The van der Waals surface area contributed by atoms with Gasteiger partial charge in [0.25, 0.3) is 0 Å². The van der Waals surface area contributed by atoms with Crippen LogP contribution in [0.5, 0.6) is 0 Å². The maximum absolute atomic E-state index is 11.1. The van der Waals surface area contributed by atoms with Crippen LogP contribution in [0.15, 0.2) is 60.9 Å². The van der Waals surface area contributed by atoms with E-state index in [1.54, 1.807) is 15.6 Å². The van der Waals surface area contributed by atoms with Crippen LogP contribution in [0.3, 0.4) is 0 Å². The predicted octanol–water partition coefficient (Wildman–Crippen LogP) is 3.10. The number of anilines is 1. The molecule has 4 heterocycles. The molecule has 2 aliphatic rings. The third kappa shape index (κ3) is 5.71. The summed E-state index contributed by atoms with van der Waals surface area (Å²) < 4.78 is 9.40. The molecule has 2 unspecified atom stereocenters. The standard InChI is InChI=1S/C31H37N9O3/c1-19(2)39-16-22(15-33-39)27-36-28-24-10-6-9-23(21-11-12-21)26(24)35-30(40(28)37-27)34-25-17-38(14-13-32-29(25)41)31(42)43-18-20-7-4-3-5-8-20/h3-10,15-16,19,21,25,29,31-32,41-42H,11-14,17-18H2,1-2H3,(H,34,35)/t25-,29?,31?/m1/s1. The Morgan fingerprint density at radius 3 is 2.70 bits per heavy atom. The Balaban J connectivity index is 1.23. The van der Waals surface area contributed by atoms with Crippen LogP contribution in [0.2, 0.25) is 0 Å². The van der Waals surface area contributed by atoms with Gasteiger partial charge in [-0.2, -0.15) is 9.61 Å². The molecule has 2 aromatic carbocycles. The van der Waals surface area contributed by atoms with Gasteiger partial charge in [0.05, 0.1) is 29.9 Å². The van der Waals surface area contributed by atoms with Crippen molar-refractivity contribution < 1.29 is 14.9 Å². The molecular formula is C31H37N9O3. The Morgan fingerprint density at radius 2 is 1.93 bits per heavy atom. The van der Waals surface area contributed by atoms with Crippen molar-refractivity contribution in [1.82, 2.24) is 39.6 Å². The Labute approximate surface area is 249 Å². The minimum Gasteiger partial charge on any atom is -0.376 e. The smallest absolute Gasteiger partial charge is 0.226 e. The molecule has 7 rings (SSSR count). The highest BCUT2D eigenvalue weighted by Gasteiger charge is 2.31. The van der Waals surface area contributed by atoms with Gasteiger partial charge in [-0.15, -0.1) is 5.10 Å². The van der Waals surface area contributed by atoms with Crippen LogP contribution in [-0.4, -0.2) is 82.8 Å². The van der Waals surface area contributed by atoms with Gasteiger partial charge >= 0.3 is 0 Å². The molecule has 0 radical (unpaired) electrons. The van der Waals surface area contributed by atoms with Crippen LogP contribution in [-0.2, 0) is 11.3 Å². The zero-order valence-corrected chi connectivity index (χ0v) is 24.3. The number of rotatable bonds is 9. The van der Waals surface area contributed by atoms with Gasteiger partial charge in [-0.05, 0) is 49.8 Å². The first-order valence-corrected chi connectivity index (χ1v) is 14.9. The quantitative estimate of drug-likeness (QED) is 0.192. The number of nitrogens with zero attached hydrogens (tertiary/aromatic N) is 7. The van der Waals surface area contributed by atoms with Crippen molar-refractivity contribution in [2.45, 2.75) is 63.9 Å². The second-order valence-corrected chi connectivity index (χ2v) is 11.7. The number of hydrogen-bond donors (Lipinski definition) is 4. The SMILES string of the molecule is CC(C)n1cc(-c2nc3c4cccc(C5CC5)c4nc(N[C@@H]4CN(C(O)OCc5ccccc5)CCNC4O)n3n2)cn1. The first-order chi connectivity index (χ1) is 20.9. The lowest BCUT2D eigenvalue weighted by molar-refractivity contribution is -0.199. The Kier molecular flexibility index (Phi) is 7.53. The molecular weight excluding hydrogens is 546 g/mol. The average Bonchev–Trinajstić information content (AvgIpc) is 3.60. The maximum Gasteiger partial charge on any atom is 0.226 e. The molecule has 3 aromatic heterocycles. The molecule has 12 nitrogen and oxygen atoms in total. The molecule has 1 saturated heterocycles. The lowest BCUT2D eigenvalue weighted by Crippen LogP contribution is -2.48. The summed E-state index contributed by atoms with van der Waals surface area (Å²) in [4.78, 5) is 11.8. The molecule has 3 atom stereocenters. The summed E-state index contributed by atoms with van der Waals surface area (Å²) in [7, 11) is 0. The van der Waals surface area contributed by atoms with E-state index in [1.165, 1.54) is 5.56 Å². The normalized spacial score (nSPS) is 20.6. The van der Waals surface area contributed by atoms with Crippen molar-refractivity contribution in [3.8, 4) is 11.4 Å². The molecule has 1 aliphatic carbocycles. The van der Waals surface area contributed by atoms with Crippen molar-refractivity contribution in [3.05, 3.63) is 72.1 Å². The van der Waals surface area contributed by atoms with Crippen molar-refractivity contribution >= 4 is 22.5 Å². The van der Waals surface area contributed by atoms with Gasteiger partial charge in [0.1, 0.15) is 6.23 Å². The highest BCUT2D eigenvalue weighted by atomic mass is 16.6. The van der Waals surface area contributed by atoms with Gasteiger partial charge in [0.2, 0.25) is 12.4 Å². The van der Waals surface area contributed by atoms with E-state index in [0.29, 0.717) is 43.0 Å². The molecule has 0 spiro atoms. The fourth-order valence-electron chi connectivity index (χ4n) is 5.61. The Bertz CT molecular complexity index is 1720. The topological polar surface area (TPSA) is 138 Å². The van der Waals surface area contributed by atoms with E-state index in [-0.39, 0.29) is 12.6 Å². The van der Waals surface area contributed by atoms with E-state index in [1.807, 2.05) is 47.3 Å². The van der Waals surface area contributed by atoms with Crippen LogP contribution in [0, 0.1) is 0 Å². The predicted molar refractivity (Wildman–Crippen MR) is 162 cm³/mol. The number of aliphatic hydroxyl groups excluding tert-OH is 2. The summed E-state index contributed by atoms with van der Waals surface area (Å²) in [6.07, 6.45) is 3.97. The van der Waals surface area contributed by atoms with Crippen LogP contribution in [0.4, 0.5) is 5.95 Å². The summed E-state index contributed by atoms with van der Waals surface area (Å²) in [5, 5.41) is 38.9. The fraction of sp³-hybridized carbons (Fsp3) is 0.419. The van der Waals surface area contributed by atoms with E-state index in [9.17, 15) is 10.2 Å². The number of nitrogens with one attached hydrogen (secondary N) is 2. The van der Waals surface area contributed by atoms with Gasteiger partial charge < -0.3 is 20.3 Å². The lowest BCUT2D eigenvalue weighted by Gasteiger charge is -2.30. The average molecular weight is 584 g/mol. The molecule has 224 valence electrons. The zero-order valence-electron chi connectivity index (χ0n) is 24.3.